The van der Waals surface area contributed by atoms with Crippen LogP contribution in [0.2, 0.25) is 0 Å². The third-order valence-electron chi connectivity index (χ3n) is 16.1. The average Bonchev–Trinajstić information content (AvgIpc) is 3.84. The van der Waals surface area contributed by atoms with Gasteiger partial charge in [-0.3, -0.25) is 9.59 Å². The van der Waals surface area contributed by atoms with Crippen molar-refractivity contribution in [3.63, 3.8) is 0 Å². The molecule has 0 saturated heterocycles. The van der Waals surface area contributed by atoms with Gasteiger partial charge in [0.2, 0.25) is 11.7 Å². The van der Waals surface area contributed by atoms with Gasteiger partial charge in [0.05, 0.1) is 24.6 Å². The average molecular weight is 703 g/mol. The molecule has 4 unspecified atom stereocenters. The first kappa shape index (κ1) is 36.0. The lowest BCUT2D eigenvalue weighted by atomic mass is 9.32. The van der Waals surface area contributed by atoms with E-state index in [2.05, 4.69) is 58.8 Å². The minimum absolute atomic E-state index is 0.0213. The number of aliphatic hydroxyl groups excluding tert-OH is 1. The molecule has 2 heterocycles. The number of amides is 2. The van der Waals surface area contributed by atoms with Crippen molar-refractivity contribution in [2.24, 2.45) is 56.7 Å². The molecular weight excluding hydrogens is 644 g/mol. The van der Waals surface area contributed by atoms with Gasteiger partial charge >= 0.3 is 5.97 Å². The molecule has 9 nitrogen and oxygen atoms in total. The summed E-state index contributed by atoms with van der Waals surface area (Å²) in [5.74, 6) is 1.33. The van der Waals surface area contributed by atoms with Crippen molar-refractivity contribution in [1.82, 2.24) is 10.6 Å². The summed E-state index contributed by atoms with van der Waals surface area (Å²) in [7, 11) is 0. The van der Waals surface area contributed by atoms with Gasteiger partial charge in [-0.2, -0.15) is 0 Å². The van der Waals surface area contributed by atoms with Crippen LogP contribution in [0.1, 0.15) is 138 Å². The molecule has 4 N–H and O–H groups in total. The number of aliphatic hydroxyl groups is 1. The predicted octanol–water partition coefficient (Wildman–Crippen LogP) is 8.14. The largest absolute Gasteiger partial charge is 0.475 e. The van der Waals surface area contributed by atoms with Crippen molar-refractivity contribution in [2.75, 3.05) is 0 Å². The van der Waals surface area contributed by atoms with Crippen molar-refractivity contribution < 1.29 is 33.4 Å². The number of nitrogens with one attached hydrogen (secondary N) is 2. The van der Waals surface area contributed by atoms with E-state index in [1.165, 1.54) is 30.5 Å². The molecule has 278 valence electrons. The summed E-state index contributed by atoms with van der Waals surface area (Å²) in [5.41, 5.74) is 1.16. The topological polar surface area (TPSA) is 142 Å². The Kier molecular flexibility index (Phi) is 8.75. The molecule has 2 aromatic heterocycles. The fraction of sp³-hybridized carbons (Fsp3) is 0.690. The lowest BCUT2D eigenvalue weighted by Gasteiger charge is -2.72. The summed E-state index contributed by atoms with van der Waals surface area (Å²) in [4.78, 5) is 38.4. The zero-order valence-electron chi connectivity index (χ0n) is 31.4. The molecule has 0 bridgehead atoms. The Labute approximate surface area is 302 Å². The van der Waals surface area contributed by atoms with Crippen LogP contribution in [-0.4, -0.2) is 34.1 Å². The number of carbonyl (C=O) groups is 3. The molecule has 5 aliphatic carbocycles. The summed E-state index contributed by atoms with van der Waals surface area (Å²) in [5, 5.41) is 26.1. The Balaban J connectivity index is 1.07. The van der Waals surface area contributed by atoms with Crippen molar-refractivity contribution in [3.05, 3.63) is 59.5 Å². The Morgan fingerprint density at radius 3 is 2.12 bits per heavy atom. The first-order valence-electron chi connectivity index (χ1n) is 19.3. The zero-order chi connectivity index (χ0) is 36.7. The SMILES string of the molecule is C=C(C)[C@@H]1CC[C@]2(C(=O)NCc3ccc(C(=O)NCc4ccc(C(=O)O)o4)o3)CC[C@]3(C)C(CCC4[C@@]5(C)CC[C@H](O)C(C)(C)C5CC[C@]43C)C12. The van der Waals surface area contributed by atoms with Crippen LogP contribution in [0.15, 0.2) is 45.3 Å². The lowest BCUT2D eigenvalue weighted by Crippen LogP contribution is -2.67. The number of hydrogen-bond acceptors (Lipinski definition) is 6. The van der Waals surface area contributed by atoms with Gasteiger partial charge in [-0.15, -0.1) is 0 Å². The highest BCUT2D eigenvalue weighted by atomic mass is 16.4. The maximum Gasteiger partial charge on any atom is 0.371 e. The second kappa shape index (κ2) is 12.4. The monoisotopic (exact) mass is 702 g/mol. The molecule has 10 atom stereocenters. The molecule has 0 aromatic carbocycles. The van der Waals surface area contributed by atoms with Crippen LogP contribution in [0.4, 0.5) is 0 Å². The summed E-state index contributed by atoms with van der Waals surface area (Å²) in [6, 6.07) is 6.16. The van der Waals surface area contributed by atoms with Gasteiger partial charge in [-0.05, 0) is 147 Å². The zero-order valence-corrected chi connectivity index (χ0v) is 31.4. The number of rotatable bonds is 8. The van der Waals surface area contributed by atoms with Crippen molar-refractivity contribution in [2.45, 2.75) is 125 Å². The second-order valence-electron chi connectivity index (χ2n) is 18.4. The molecule has 5 saturated carbocycles. The maximum atomic E-state index is 14.5. The number of hydrogen-bond donors (Lipinski definition) is 4. The van der Waals surface area contributed by atoms with E-state index in [0.29, 0.717) is 35.2 Å². The minimum Gasteiger partial charge on any atom is -0.475 e. The lowest BCUT2D eigenvalue weighted by molar-refractivity contribution is -0.246. The van der Waals surface area contributed by atoms with Crippen LogP contribution in [0.5, 0.6) is 0 Å². The van der Waals surface area contributed by atoms with Crippen molar-refractivity contribution >= 4 is 17.8 Å². The molecule has 0 aliphatic heterocycles. The molecule has 7 rings (SSSR count). The number of carbonyl (C=O) groups excluding carboxylic acids is 2. The van der Waals surface area contributed by atoms with Crippen LogP contribution < -0.4 is 10.6 Å². The Morgan fingerprint density at radius 2 is 1.45 bits per heavy atom. The summed E-state index contributed by atoms with van der Waals surface area (Å²) >= 11 is 0. The summed E-state index contributed by atoms with van der Waals surface area (Å²) < 4.78 is 11.1. The second-order valence-corrected chi connectivity index (χ2v) is 18.4. The normalized spacial score (nSPS) is 39.5. The standard InChI is InChI=1S/C42H58N2O7/c1-24(2)27-14-19-42(37(49)44-23-26-8-11-29(50-26)35(46)43-22-25-9-12-30(51-25)36(47)48)21-20-40(6)28(34(27)42)10-13-32-39(5)17-16-33(45)38(3,4)31(39)15-18-41(32,40)7/h8-9,11-12,27-28,31-34,45H,1,10,13-23H2,2-7H3,(H,43,46)(H,44,49)(H,47,48)/t27-,28?,31?,32?,33-,34?,39-,40+,41+,42-/m0/s1. The van der Waals surface area contributed by atoms with Gasteiger partial charge in [-0.25, -0.2) is 4.79 Å². The predicted molar refractivity (Wildman–Crippen MR) is 192 cm³/mol. The quantitative estimate of drug-likeness (QED) is 0.204. The molecule has 9 heteroatoms. The third kappa shape index (κ3) is 5.37. The molecule has 5 fully saturated rings. The third-order valence-corrected chi connectivity index (χ3v) is 16.1. The van der Waals surface area contributed by atoms with Crippen LogP contribution in [-0.2, 0) is 17.9 Å². The van der Waals surface area contributed by atoms with Crippen LogP contribution in [0.25, 0.3) is 0 Å². The maximum absolute atomic E-state index is 14.5. The van der Waals surface area contributed by atoms with E-state index in [4.69, 9.17) is 13.9 Å². The Bertz CT molecular complexity index is 1720. The number of aromatic carboxylic acids is 1. The smallest absolute Gasteiger partial charge is 0.371 e. The van der Waals surface area contributed by atoms with Crippen LogP contribution >= 0.6 is 0 Å². The molecule has 2 aromatic rings. The van der Waals surface area contributed by atoms with E-state index in [1.807, 2.05) is 0 Å². The Hall–Kier alpha value is -3.33. The van der Waals surface area contributed by atoms with Gasteiger partial charge in [-0.1, -0.05) is 46.8 Å². The summed E-state index contributed by atoms with van der Waals surface area (Å²) in [6.07, 6.45) is 10.2. The van der Waals surface area contributed by atoms with E-state index in [9.17, 15) is 19.5 Å². The van der Waals surface area contributed by atoms with Crippen molar-refractivity contribution in [1.29, 1.82) is 0 Å². The summed E-state index contributed by atoms with van der Waals surface area (Å²) in [6.45, 7) is 19.2. The number of carboxylic acid groups (broad SMARTS) is 1. The van der Waals surface area contributed by atoms with Gasteiger partial charge in [0.15, 0.2) is 5.76 Å². The fourth-order valence-corrected chi connectivity index (χ4v) is 13.3. The van der Waals surface area contributed by atoms with Gasteiger partial charge < -0.3 is 29.7 Å². The highest BCUT2D eigenvalue weighted by molar-refractivity contribution is 5.91. The van der Waals surface area contributed by atoms with Crippen LogP contribution in [0, 0.1) is 56.7 Å². The molecule has 51 heavy (non-hydrogen) atoms. The van der Waals surface area contributed by atoms with Gasteiger partial charge in [0, 0.05) is 0 Å². The number of allylic oxidation sites excluding steroid dienone is 1. The van der Waals surface area contributed by atoms with Gasteiger partial charge in [0.1, 0.15) is 11.5 Å². The molecule has 0 radical (unpaired) electrons. The molecule has 2 amide bonds. The van der Waals surface area contributed by atoms with E-state index in [0.717, 1.165) is 51.4 Å². The molecular formula is C42H58N2O7. The number of fused-ring (bicyclic) bond motifs is 7. The highest BCUT2D eigenvalue weighted by Crippen LogP contribution is 2.77. The first-order chi connectivity index (χ1) is 24.0. The Morgan fingerprint density at radius 1 is 0.784 bits per heavy atom. The fourth-order valence-electron chi connectivity index (χ4n) is 13.3. The molecule has 0 spiro atoms. The highest BCUT2D eigenvalue weighted by Gasteiger charge is 2.71. The minimum atomic E-state index is -1.17. The van der Waals surface area contributed by atoms with Gasteiger partial charge in [0.25, 0.3) is 5.91 Å². The number of carboxylic acids is 1. The van der Waals surface area contributed by atoms with E-state index in [-0.39, 0.29) is 64.2 Å². The van der Waals surface area contributed by atoms with Crippen LogP contribution in [0.3, 0.4) is 0 Å². The number of furan rings is 2. The van der Waals surface area contributed by atoms with E-state index >= 15 is 0 Å². The van der Waals surface area contributed by atoms with Crippen molar-refractivity contribution in [3.8, 4) is 0 Å². The van der Waals surface area contributed by atoms with E-state index < -0.39 is 17.3 Å². The van der Waals surface area contributed by atoms with E-state index in [1.54, 1.807) is 12.1 Å². The molecule has 5 aliphatic rings. The first-order valence-corrected chi connectivity index (χ1v) is 19.3.